The van der Waals surface area contributed by atoms with Gasteiger partial charge in [0.25, 0.3) is 5.91 Å². The van der Waals surface area contributed by atoms with Crippen molar-refractivity contribution >= 4 is 29.4 Å². The maximum Gasteiger partial charge on any atom is 0.272 e. The lowest BCUT2D eigenvalue weighted by atomic mass is 10.2. The van der Waals surface area contributed by atoms with Crippen molar-refractivity contribution in [2.45, 2.75) is 13.5 Å². The van der Waals surface area contributed by atoms with Gasteiger partial charge in [-0.25, -0.2) is 9.97 Å². The molecule has 0 unspecified atom stereocenters. The molecule has 1 aliphatic rings. The fourth-order valence-corrected chi connectivity index (χ4v) is 2.86. The van der Waals surface area contributed by atoms with Crippen LogP contribution in [0.3, 0.4) is 0 Å². The molecule has 1 aliphatic heterocycles. The molecule has 1 aromatic heterocycles. The van der Waals surface area contributed by atoms with Crippen LogP contribution in [0.2, 0.25) is 5.02 Å². The fourth-order valence-electron chi connectivity index (χ4n) is 2.73. The van der Waals surface area contributed by atoms with Gasteiger partial charge in [0.2, 0.25) is 11.9 Å². The number of hydrogen-bond donors (Lipinski definition) is 1. The van der Waals surface area contributed by atoms with Crippen LogP contribution in [0.15, 0.2) is 36.5 Å². The number of benzene rings is 1. The Labute approximate surface area is 157 Å². The normalized spacial score (nSPS) is 14.2. The van der Waals surface area contributed by atoms with Gasteiger partial charge in [-0.05, 0) is 23.8 Å². The van der Waals surface area contributed by atoms with Gasteiger partial charge in [-0.1, -0.05) is 23.7 Å². The van der Waals surface area contributed by atoms with E-state index in [1.807, 2.05) is 24.3 Å². The molecule has 3 rings (SSSR count). The third kappa shape index (κ3) is 4.49. The number of hydrogen-bond acceptors (Lipinski definition) is 5. The molecule has 2 heterocycles. The smallest absolute Gasteiger partial charge is 0.272 e. The Morgan fingerprint density at radius 2 is 1.73 bits per heavy atom. The van der Waals surface area contributed by atoms with Gasteiger partial charge in [0.1, 0.15) is 5.69 Å². The summed E-state index contributed by atoms with van der Waals surface area (Å²) in [6, 6.07) is 9.07. The predicted molar refractivity (Wildman–Crippen MR) is 99.0 cm³/mol. The van der Waals surface area contributed by atoms with E-state index in [1.165, 1.54) is 0 Å². The monoisotopic (exact) mass is 373 g/mol. The van der Waals surface area contributed by atoms with Crippen molar-refractivity contribution in [1.29, 1.82) is 0 Å². The molecule has 1 fully saturated rings. The molecule has 0 saturated carbocycles. The lowest BCUT2D eigenvalue weighted by molar-refractivity contribution is -0.130. The first kappa shape index (κ1) is 18.1. The van der Waals surface area contributed by atoms with Crippen molar-refractivity contribution in [2.75, 3.05) is 31.5 Å². The first-order valence-electron chi connectivity index (χ1n) is 8.39. The van der Waals surface area contributed by atoms with E-state index in [1.54, 1.807) is 29.0 Å². The molecule has 7 nitrogen and oxygen atoms in total. The number of halogens is 1. The topological polar surface area (TPSA) is 78.4 Å². The van der Waals surface area contributed by atoms with Crippen molar-refractivity contribution in [3.8, 4) is 0 Å². The molecule has 8 heteroatoms. The van der Waals surface area contributed by atoms with Crippen molar-refractivity contribution in [1.82, 2.24) is 19.8 Å². The van der Waals surface area contributed by atoms with Crippen LogP contribution < -0.4 is 5.32 Å². The Morgan fingerprint density at radius 3 is 2.38 bits per heavy atom. The number of piperazine rings is 1. The van der Waals surface area contributed by atoms with Crippen LogP contribution in [0.4, 0.5) is 5.95 Å². The molecule has 0 atom stereocenters. The lowest BCUT2D eigenvalue weighted by Gasteiger charge is -2.34. The Balaban J connectivity index is 1.60. The number of rotatable bonds is 4. The van der Waals surface area contributed by atoms with E-state index in [0.717, 1.165) is 5.56 Å². The number of nitrogens with one attached hydrogen (secondary N) is 1. The summed E-state index contributed by atoms with van der Waals surface area (Å²) in [6.45, 7) is 4.19. The van der Waals surface area contributed by atoms with Crippen LogP contribution in [0.25, 0.3) is 0 Å². The standard InChI is InChI=1S/C18H20ClN5O2/c1-13(25)23-8-10-24(11-9-23)17(26)16-6-7-20-18(22-16)21-12-14-2-4-15(19)5-3-14/h2-7H,8-12H2,1H3,(H,20,21,22). The number of carbonyl (C=O) groups excluding carboxylic acids is 2. The highest BCUT2D eigenvalue weighted by Crippen LogP contribution is 2.12. The van der Waals surface area contributed by atoms with Crippen LogP contribution in [-0.2, 0) is 11.3 Å². The van der Waals surface area contributed by atoms with Gasteiger partial charge >= 0.3 is 0 Å². The molecule has 136 valence electrons. The fraction of sp³-hybridized carbons (Fsp3) is 0.333. The second kappa shape index (κ2) is 8.14. The van der Waals surface area contributed by atoms with E-state index >= 15 is 0 Å². The van der Waals surface area contributed by atoms with E-state index < -0.39 is 0 Å². The number of aromatic nitrogens is 2. The van der Waals surface area contributed by atoms with Gasteiger partial charge in [-0.3, -0.25) is 9.59 Å². The number of carbonyl (C=O) groups is 2. The zero-order valence-electron chi connectivity index (χ0n) is 14.5. The van der Waals surface area contributed by atoms with Crippen molar-refractivity contribution in [3.05, 3.63) is 52.8 Å². The summed E-state index contributed by atoms with van der Waals surface area (Å²) in [7, 11) is 0. The molecular formula is C18H20ClN5O2. The third-order valence-electron chi connectivity index (χ3n) is 4.25. The summed E-state index contributed by atoms with van der Waals surface area (Å²) < 4.78 is 0. The van der Waals surface area contributed by atoms with Gasteiger partial charge < -0.3 is 15.1 Å². The van der Waals surface area contributed by atoms with Crippen LogP contribution in [0, 0.1) is 0 Å². The number of nitrogens with zero attached hydrogens (tertiary/aromatic N) is 4. The van der Waals surface area contributed by atoms with Crippen molar-refractivity contribution in [2.24, 2.45) is 0 Å². The summed E-state index contributed by atoms with van der Waals surface area (Å²) in [4.78, 5) is 35.9. The maximum absolute atomic E-state index is 12.6. The Hall–Kier alpha value is -2.67. The van der Waals surface area contributed by atoms with Gasteiger partial charge in [-0.2, -0.15) is 0 Å². The van der Waals surface area contributed by atoms with Crippen molar-refractivity contribution in [3.63, 3.8) is 0 Å². The van der Waals surface area contributed by atoms with Gasteiger partial charge in [0, 0.05) is 50.9 Å². The summed E-state index contributed by atoms with van der Waals surface area (Å²) >= 11 is 5.88. The number of anilines is 1. The second-order valence-corrected chi connectivity index (χ2v) is 6.48. The highest BCUT2D eigenvalue weighted by molar-refractivity contribution is 6.30. The highest BCUT2D eigenvalue weighted by Gasteiger charge is 2.24. The largest absolute Gasteiger partial charge is 0.350 e. The van der Waals surface area contributed by atoms with Gasteiger partial charge in [-0.15, -0.1) is 0 Å². The highest BCUT2D eigenvalue weighted by atomic mass is 35.5. The predicted octanol–water partition coefficient (Wildman–Crippen LogP) is 2.05. The second-order valence-electron chi connectivity index (χ2n) is 6.04. The molecule has 0 spiro atoms. The lowest BCUT2D eigenvalue weighted by Crippen LogP contribution is -2.50. The molecule has 2 aromatic rings. The molecular weight excluding hydrogens is 354 g/mol. The van der Waals surface area contributed by atoms with E-state index in [4.69, 9.17) is 11.6 Å². The molecule has 0 aliphatic carbocycles. The average molecular weight is 374 g/mol. The minimum Gasteiger partial charge on any atom is -0.350 e. The average Bonchev–Trinajstić information content (AvgIpc) is 2.67. The summed E-state index contributed by atoms with van der Waals surface area (Å²) in [5.74, 6) is 0.283. The van der Waals surface area contributed by atoms with E-state index in [-0.39, 0.29) is 11.8 Å². The minimum atomic E-state index is -0.148. The maximum atomic E-state index is 12.6. The van der Waals surface area contributed by atoms with Crippen molar-refractivity contribution < 1.29 is 9.59 Å². The van der Waals surface area contributed by atoms with Crippen LogP contribution in [0.1, 0.15) is 23.0 Å². The molecule has 1 saturated heterocycles. The molecule has 0 bridgehead atoms. The quantitative estimate of drug-likeness (QED) is 0.887. The Bertz CT molecular complexity index is 788. The molecule has 1 N–H and O–H groups in total. The molecule has 26 heavy (non-hydrogen) atoms. The molecule has 0 radical (unpaired) electrons. The van der Waals surface area contributed by atoms with Crippen LogP contribution in [-0.4, -0.2) is 57.8 Å². The summed E-state index contributed by atoms with van der Waals surface area (Å²) in [5.41, 5.74) is 1.38. The van der Waals surface area contributed by atoms with Crippen LogP contribution in [0.5, 0.6) is 0 Å². The van der Waals surface area contributed by atoms with E-state index in [0.29, 0.717) is 49.4 Å². The van der Waals surface area contributed by atoms with Gasteiger partial charge in [0.15, 0.2) is 0 Å². The summed E-state index contributed by atoms with van der Waals surface area (Å²) in [6.07, 6.45) is 1.57. The zero-order chi connectivity index (χ0) is 18.5. The SMILES string of the molecule is CC(=O)N1CCN(C(=O)c2ccnc(NCc3ccc(Cl)cc3)n2)CC1. The first-order valence-corrected chi connectivity index (χ1v) is 8.77. The minimum absolute atomic E-state index is 0.0350. The number of amides is 2. The molecule has 2 amide bonds. The summed E-state index contributed by atoms with van der Waals surface area (Å²) in [5, 5.41) is 3.79. The zero-order valence-corrected chi connectivity index (χ0v) is 15.2. The first-order chi connectivity index (χ1) is 12.5. The third-order valence-corrected chi connectivity index (χ3v) is 4.50. The van der Waals surface area contributed by atoms with Gasteiger partial charge in [0.05, 0.1) is 0 Å². The Morgan fingerprint density at radius 1 is 1.08 bits per heavy atom. The van der Waals surface area contributed by atoms with Crippen LogP contribution >= 0.6 is 11.6 Å². The molecule has 1 aromatic carbocycles. The van der Waals surface area contributed by atoms with E-state index in [9.17, 15) is 9.59 Å². The van der Waals surface area contributed by atoms with E-state index in [2.05, 4.69) is 15.3 Å². The Kier molecular flexibility index (Phi) is 5.68.